The van der Waals surface area contributed by atoms with E-state index in [1.165, 1.54) is 5.52 Å². The number of aromatic nitrogens is 2. The van der Waals surface area contributed by atoms with Gasteiger partial charge in [-0.25, -0.2) is 4.98 Å². The quantitative estimate of drug-likeness (QED) is 0.611. The molecule has 5 heteroatoms. The van der Waals surface area contributed by atoms with E-state index >= 15 is 0 Å². The largest absolute Gasteiger partial charge is 0.497 e. The van der Waals surface area contributed by atoms with Gasteiger partial charge in [0, 0.05) is 19.5 Å². The number of carbonyl (C=O) groups is 1. The minimum absolute atomic E-state index is 0.0232. The van der Waals surface area contributed by atoms with E-state index in [4.69, 9.17) is 9.72 Å². The zero-order chi connectivity index (χ0) is 19.9. The molecule has 1 heterocycles. The summed E-state index contributed by atoms with van der Waals surface area (Å²) in [6.45, 7) is 6.00. The maximum Gasteiger partial charge on any atom is 0.224 e. The van der Waals surface area contributed by atoms with Crippen molar-refractivity contribution in [3.05, 3.63) is 59.9 Å². The molecule has 0 atom stereocenters. The summed E-state index contributed by atoms with van der Waals surface area (Å²) >= 11 is 0. The lowest BCUT2D eigenvalue weighted by atomic mass is 10.1. The number of hydrogen-bond acceptors (Lipinski definition) is 3. The SMILES string of the molecule is COc1ccc(CC(=O)NCCc2nc3ccccc3n2CCC(C)C)cc1. The molecule has 1 N–H and O–H groups in total. The number of nitrogens with zero attached hydrogens (tertiary/aromatic N) is 2. The van der Waals surface area contributed by atoms with Crippen LogP contribution in [0.15, 0.2) is 48.5 Å². The first kappa shape index (κ1) is 19.9. The molecule has 1 aromatic heterocycles. The van der Waals surface area contributed by atoms with E-state index in [1.54, 1.807) is 7.11 Å². The van der Waals surface area contributed by atoms with Gasteiger partial charge in [-0.2, -0.15) is 0 Å². The molecule has 0 radical (unpaired) electrons. The van der Waals surface area contributed by atoms with E-state index in [2.05, 4.69) is 35.9 Å². The average molecular weight is 380 g/mol. The van der Waals surface area contributed by atoms with Crippen LogP contribution in [0.2, 0.25) is 0 Å². The first-order valence-corrected chi connectivity index (χ1v) is 9.90. The molecule has 5 nitrogen and oxygen atoms in total. The van der Waals surface area contributed by atoms with Crippen molar-refractivity contribution in [2.75, 3.05) is 13.7 Å². The minimum Gasteiger partial charge on any atom is -0.497 e. The number of carbonyl (C=O) groups excluding carboxylic acids is 1. The van der Waals surface area contributed by atoms with Crippen molar-refractivity contribution in [2.45, 2.75) is 39.7 Å². The van der Waals surface area contributed by atoms with Crippen LogP contribution in [-0.4, -0.2) is 29.1 Å². The average Bonchev–Trinajstić information content (AvgIpc) is 3.04. The van der Waals surface area contributed by atoms with E-state index in [1.807, 2.05) is 36.4 Å². The first-order valence-electron chi connectivity index (χ1n) is 9.90. The lowest BCUT2D eigenvalue weighted by Gasteiger charge is -2.11. The van der Waals surface area contributed by atoms with Crippen LogP contribution in [-0.2, 0) is 24.2 Å². The van der Waals surface area contributed by atoms with Crippen LogP contribution >= 0.6 is 0 Å². The van der Waals surface area contributed by atoms with Crippen molar-refractivity contribution in [2.24, 2.45) is 5.92 Å². The second-order valence-electron chi connectivity index (χ2n) is 7.48. The molecule has 0 unspecified atom stereocenters. The maximum atomic E-state index is 12.3. The number of nitrogens with one attached hydrogen (secondary N) is 1. The summed E-state index contributed by atoms with van der Waals surface area (Å²) in [5, 5.41) is 3.02. The van der Waals surface area contributed by atoms with Crippen molar-refractivity contribution < 1.29 is 9.53 Å². The molecular formula is C23H29N3O2. The van der Waals surface area contributed by atoms with Crippen LogP contribution in [0.1, 0.15) is 31.7 Å². The molecule has 0 aliphatic heterocycles. The second kappa shape index (κ2) is 9.40. The van der Waals surface area contributed by atoms with Gasteiger partial charge < -0.3 is 14.6 Å². The highest BCUT2D eigenvalue weighted by atomic mass is 16.5. The summed E-state index contributed by atoms with van der Waals surface area (Å²) in [4.78, 5) is 17.0. The molecular weight excluding hydrogens is 350 g/mol. The molecule has 3 rings (SSSR count). The van der Waals surface area contributed by atoms with Gasteiger partial charge in [0.05, 0.1) is 24.6 Å². The Kier molecular flexibility index (Phi) is 6.69. The first-order chi connectivity index (χ1) is 13.6. The Morgan fingerprint density at radius 1 is 1.14 bits per heavy atom. The van der Waals surface area contributed by atoms with Crippen molar-refractivity contribution in [1.82, 2.24) is 14.9 Å². The van der Waals surface area contributed by atoms with Crippen molar-refractivity contribution in [3.63, 3.8) is 0 Å². The molecule has 0 saturated carbocycles. The lowest BCUT2D eigenvalue weighted by molar-refractivity contribution is -0.120. The Morgan fingerprint density at radius 2 is 1.89 bits per heavy atom. The third kappa shape index (κ3) is 5.12. The summed E-state index contributed by atoms with van der Waals surface area (Å²) in [5.41, 5.74) is 3.16. The van der Waals surface area contributed by atoms with E-state index in [9.17, 15) is 4.79 Å². The van der Waals surface area contributed by atoms with Crippen LogP contribution in [0.3, 0.4) is 0 Å². The lowest BCUT2D eigenvalue weighted by Crippen LogP contribution is -2.28. The van der Waals surface area contributed by atoms with Crippen molar-refractivity contribution in [3.8, 4) is 5.75 Å². The Bertz CT molecular complexity index is 913. The molecule has 0 aliphatic rings. The summed E-state index contributed by atoms with van der Waals surface area (Å²) in [7, 11) is 1.64. The van der Waals surface area contributed by atoms with Gasteiger partial charge in [-0.3, -0.25) is 4.79 Å². The molecule has 3 aromatic rings. The Labute approximate surface area is 166 Å². The summed E-state index contributed by atoms with van der Waals surface area (Å²) < 4.78 is 7.45. The highest BCUT2D eigenvalue weighted by molar-refractivity contribution is 5.78. The highest BCUT2D eigenvalue weighted by Crippen LogP contribution is 2.18. The third-order valence-electron chi connectivity index (χ3n) is 4.86. The summed E-state index contributed by atoms with van der Waals surface area (Å²) in [6.07, 6.45) is 2.20. The number of fused-ring (bicyclic) bond motifs is 1. The molecule has 0 aliphatic carbocycles. The van der Waals surface area contributed by atoms with Gasteiger partial charge in [0.2, 0.25) is 5.91 Å². The topological polar surface area (TPSA) is 56.1 Å². The number of methoxy groups -OCH3 is 1. The van der Waals surface area contributed by atoms with E-state index in [-0.39, 0.29) is 5.91 Å². The predicted molar refractivity (Wildman–Crippen MR) is 113 cm³/mol. The number of rotatable bonds is 9. The van der Waals surface area contributed by atoms with E-state index < -0.39 is 0 Å². The molecule has 0 saturated heterocycles. The van der Waals surface area contributed by atoms with Crippen LogP contribution in [0.4, 0.5) is 0 Å². The smallest absolute Gasteiger partial charge is 0.224 e. The standard InChI is InChI=1S/C23H29N3O2/c1-17(2)13-15-26-21-7-5-4-6-20(21)25-22(26)12-14-24-23(27)16-18-8-10-19(28-3)11-9-18/h4-11,17H,12-16H2,1-3H3,(H,24,27). The van der Waals surface area contributed by atoms with Crippen molar-refractivity contribution in [1.29, 1.82) is 0 Å². The fourth-order valence-corrected chi connectivity index (χ4v) is 3.26. The Hall–Kier alpha value is -2.82. The second-order valence-corrected chi connectivity index (χ2v) is 7.48. The molecule has 148 valence electrons. The Morgan fingerprint density at radius 3 is 2.61 bits per heavy atom. The number of aryl methyl sites for hydroxylation is 1. The minimum atomic E-state index is 0.0232. The fraction of sp³-hybridized carbons (Fsp3) is 0.391. The molecule has 1 amide bonds. The van der Waals surface area contributed by atoms with Gasteiger partial charge in [-0.15, -0.1) is 0 Å². The van der Waals surface area contributed by atoms with Crippen molar-refractivity contribution >= 4 is 16.9 Å². The van der Waals surface area contributed by atoms with Crippen LogP contribution in [0.25, 0.3) is 11.0 Å². The van der Waals surface area contributed by atoms with Crippen LogP contribution in [0.5, 0.6) is 5.75 Å². The van der Waals surface area contributed by atoms with Gasteiger partial charge in [-0.05, 0) is 42.2 Å². The Balaban J connectivity index is 1.59. The third-order valence-corrected chi connectivity index (χ3v) is 4.86. The van der Waals surface area contributed by atoms with Gasteiger partial charge in [0.25, 0.3) is 0 Å². The molecule has 0 spiro atoms. The zero-order valence-electron chi connectivity index (χ0n) is 16.9. The van der Waals surface area contributed by atoms with E-state index in [0.717, 1.165) is 42.0 Å². The van der Waals surface area contributed by atoms with E-state index in [0.29, 0.717) is 18.9 Å². The maximum absolute atomic E-state index is 12.3. The van der Waals surface area contributed by atoms with Gasteiger partial charge >= 0.3 is 0 Å². The van der Waals surface area contributed by atoms with Gasteiger partial charge in [-0.1, -0.05) is 38.1 Å². The highest BCUT2D eigenvalue weighted by Gasteiger charge is 2.11. The number of ether oxygens (including phenoxy) is 1. The molecule has 28 heavy (non-hydrogen) atoms. The number of imidazole rings is 1. The van der Waals surface area contributed by atoms with Gasteiger partial charge in [0.15, 0.2) is 0 Å². The molecule has 2 aromatic carbocycles. The monoisotopic (exact) mass is 379 g/mol. The predicted octanol–water partition coefficient (Wildman–Crippen LogP) is 3.99. The normalized spacial score (nSPS) is 11.1. The summed E-state index contributed by atoms with van der Waals surface area (Å²) in [6, 6.07) is 15.8. The number of para-hydroxylation sites is 2. The van der Waals surface area contributed by atoms with Crippen LogP contribution in [0, 0.1) is 5.92 Å². The number of hydrogen-bond donors (Lipinski definition) is 1. The summed E-state index contributed by atoms with van der Waals surface area (Å²) in [5.74, 6) is 2.49. The number of benzene rings is 2. The molecule has 0 fully saturated rings. The van der Waals surface area contributed by atoms with Crippen LogP contribution < -0.4 is 10.1 Å². The van der Waals surface area contributed by atoms with Gasteiger partial charge in [0.1, 0.15) is 11.6 Å². The molecule has 0 bridgehead atoms. The zero-order valence-corrected chi connectivity index (χ0v) is 16.9. The fourth-order valence-electron chi connectivity index (χ4n) is 3.26. The number of amides is 1.